The first-order chi connectivity index (χ1) is 14.8. The van der Waals surface area contributed by atoms with Gasteiger partial charge in [-0.1, -0.05) is 32.0 Å². The Morgan fingerprint density at radius 1 is 1.26 bits per heavy atom. The van der Waals surface area contributed by atoms with E-state index in [-0.39, 0.29) is 12.8 Å². The fraction of sp³-hybridized carbons (Fsp3) is 0.522. The molecule has 1 spiro atoms. The minimum absolute atomic E-state index is 0.217. The highest BCUT2D eigenvalue weighted by Crippen LogP contribution is 2.52. The lowest BCUT2D eigenvalue weighted by Crippen LogP contribution is -2.32. The smallest absolute Gasteiger partial charge is 0.324 e. The second-order valence-electron chi connectivity index (χ2n) is 8.90. The molecule has 0 aliphatic carbocycles. The molecule has 2 aromatic rings. The van der Waals surface area contributed by atoms with Crippen LogP contribution in [0.25, 0.3) is 0 Å². The van der Waals surface area contributed by atoms with Crippen molar-refractivity contribution in [2.45, 2.75) is 51.7 Å². The van der Waals surface area contributed by atoms with Crippen LogP contribution in [0.2, 0.25) is 0 Å². The molecule has 1 aromatic heterocycles. The molecule has 8 heteroatoms. The van der Waals surface area contributed by atoms with E-state index in [1.54, 1.807) is 6.92 Å². The third-order valence-electron chi connectivity index (χ3n) is 5.80. The standard InChI is InChI=1S/C23H28N2O5S/c1-15(2)9-10-28-12-17-11-23(19(26)29-17)14-22(3,30-20(23)27)18-13-31-21(25-18)24-16-7-5-4-6-8-16/h4-8,13,15,17H,9-12,14H2,1-3H3,(H,24,25)/t17-,22-,23+/m0/s1. The normalized spacial score (nSPS) is 27.7. The number of hydrogen-bond donors (Lipinski definition) is 1. The molecule has 0 unspecified atom stereocenters. The van der Waals surface area contributed by atoms with Crippen molar-refractivity contribution < 1.29 is 23.8 Å². The minimum atomic E-state index is -1.28. The highest BCUT2D eigenvalue weighted by Gasteiger charge is 2.65. The molecular formula is C23H28N2O5S. The number of rotatable bonds is 8. The summed E-state index contributed by atoms with van der Waals surface area (Å²) in [7, 11) is 0. The molecule has 0 radical (unpaired) electrons. The van der Waals surface area contributed by atoms with Crippen molar-refractivity contribution in [1.82, 2.24) is 4.98 Å². The Kier molecular flexibility index (Phi) is 6.03. The van der Waals surface area contributed by atoms with Crippen LogP contribution < -0.4 is 5.32 Å². The van der Waals surface area contributed by atoms with Crippen molar-refractivity contribution in [3.05, 3.63) is 41.4 Å². The van der Waals surface area contributed by atoms with Crippen LogP contribution in [-0.2, 0) is 29.4 Å². The number of nitrogens with one attached hydrogen (secondary N) is 1. The van der Waals surface area contributed by atoms with Gasteiger partial charge in [0.2, 0.25) is 0 Å². The molecule has 31 heavy (non-hydrogen) atoms. The highest BCUT2D eigenvalue weighted by molar-refractivity contribution is 7.13. The first kappa shape index (κ1) is 21.8. The van der Waals surface area contributed by atoms with E-state index in [4.69, 9.17) is 14.2 Å². The number of thiazole rings is 1. The molecule has 2 aliphatic heterocycles. The molecule has 1 aromatic carbocycles. The minimum Gasteiger partial charge on any atom is -0.459 e. The average Bonchev–Trinajstić information content (AvgIpc) is 3.38. The third-order valence-corrected chi connectivity index (χ3v) is 6.56. The van der Waals surface area contributed by atoms with Gasteiger partial charge < -0.3 is 19.5 Å². The number of nitrogens with zero attached hydrogens (tertiary/aromatic N) is 1. The Labute approximate surface area is 186 Å². The predicted octanol–water partition coefficient (Wildman–Crippen LogP) is 4.41. The van der Waals surface area contributed by atoms with Gasteiger partial charge in [0.1, 0.15) is 6.10 Å². The van der Waals surface area contributed by atoms with Crippen LogP contribution >= 0.6 is 11.3 Å². The topological polar surface area (TPSA) is 86.8 Å². The average molecular weight is 445 g/mol. The zero-order chi connectivity index (χ0) is 22.1. The Bertz CT molecular complexity index is 946. The van der Waals surface area contributed by atoms with Gasteiger partial charge in [0.25, 0.3) is 0 Å². The zero-order valence-corrected chi connectivity index (χ0v) is 18.9. The van der Waals surface area contributed by atoms with Gasteiger partial charge in [-0.2, -0.15) is 0 Å². The molecule has 0 bridgehead atoms. The van der Waals surface area contributed by atoms with Crippen LogP contribution in [0, 0.1) is 11.3 Å². The van der Waals surface area contributed by atoms with Crippen molar-refractivity contribution in [3.63, 3.8) is 0 Å². The van der Waals surface area contributed by atoms with Gasteiger partial charge in [0, 0.05) is 30.5 Å². The molecule has 1 N–H and O–H groups in total. The molecule has 3 atom stereocenters. The van der Waals surface area contributed by atoms with Crippen LogP contribution in [-0.4, -0.2) is 36.2 Å². The summed E-state index contributed by atoms with van der Waals surface area (Å²) in [5.74, 6) is -0.505. The van der Waals surface area contributed by atoms with E-state index in [2.05, 4.69) is 24.1 Å². The van der Waals surface area contributed by atoms with Crippen molar-refractivity contribution in [3.8, 4) is 0 Å². The summed E-state index contributed by atoms with van der Waals surface area (Å²) in [6, 6.07) is 9.72. The molecule has 2 saturated heterocycles. The number of carbonyl (C=O) groups excluding carboxylic acids is 2. The first-order valence-electron chi connectivity index (χ1n) is 10.6. The number of anilines is 2. The molecule has 0 saturated carbocycles. The number of hydrogen-bond acceptors (Lipinski definition) is 8. The molecule has 2 aliphatic rings. The van der Waals surface area contributed by atoms with E-state index in [0.29, 0.717) is 30.0 Å². The summed E-state index contributed by atoms with van der Waals surface area (Å²) >= 11 is 1.43. The Morgan fingerprint density at radius 2 is 2.03 bits per heavy atom. The van der Waals surface area contributed by atoms with Crippen LogP contribution in [0.5, 0.6) is 0 Å². The number of aromatic nitrogens is 1. The summed E-state index contributed by atoms with van der Waals surface area (Å²) in [5.41, 5.74) is -0.702. The van der Waals surface area contributed by atoms with E-state index in [1.807, 2.05) is 35.7 Å². The number of carbonyl (C=O) groups is 2. The Hall–Kier alpha value is -2.45. The second-order valence-corrected chi connectivity index (χ2v) is 9.76. The second kappa shape index (κ2) is 8.59. The lowest BCUT2D eigenvalue weighted by Gasteiger charge is -2.20. The molecule has 4 rings (SSSR count). The van der Waals surface area contributed by atoms with Crippen molar-refractivity contribution in [1.29, 1.82) is 0 Å². The number of ether oxygens (including phenoxy) is 3. The summed E-state index contributed by atoms with van der Waals surface area (Å²) in [6.45, 7) is 6.97. The van der Waals surface area contributed by atoms with Crippen molar-refractivity contribution in [2.75, 3.05) is 18.5 Å². The quantitative estimate of drug-likeness (QED) is 0.366. The zero-order valence-electron chi connectivity index (χ0n) is 18.1. The predicted molar refractivity (Wildman–Crippen MR) is 117 cm³/mol. The third kappa shape index (κ3) is 4.45. The van der Waals surface area contributed by atoms with Crippen LogP contribution in [0.1, 0.15) is 45.7 Å². The molecule has 166 valence electrons. The van der Waals surface area contributed by atoms with Crippen LogP contribution in [0.4, 0.5) is 10.8 Å². The fourth-order valence-corrected chi connectivity index (χ4v) is 4.92. The fourth-order valence-electron chi connectivity index (χ4n) is 4.06. The molecule has 3 heterocycles. The summed E-state index contributed by atoms with van der Waals surface area (Å²) in [4.78, 5) is 30.2. The van der Waals surface area contributed by atoms with Crippen molar-refractivity contribution in [2.24, 2.45) is 11.3 Å². The Balaban J connectivity index is 1.43. The van der Waals surface area contributed by atoms with Gasteiger partial charge in [-0.05, 0) is 31.4 Å². The molecule has 2 fully saturated rings. The molecule has 0 amide bonds. The highest BCUT2D eigenvalue weighted by atomic mass is 32.1. The lowest BCUT2D eigenvalue weighted by atomic mass is 9.78. The largest absolute Gasteiger partial charge is 0.459 e. The van der Waals surface area contributed by atoms with Gasteiger partial charge in [-0.15, -0.1) is 11.3 Å². The van der Waals surface area contributed by atoms with Gasteiger partial charge in [-0.25, -0.2) is 4.98 Å². The van der Waals surface area contributed by atoms with Crippen LogP contribution in [0.15, 0.2) is 35.7 Å². The van der Waals surface area contributed by atoms with Gasteiger partial charge in [-0.3, -0.25) is 9.59 Å². The summed E-state index contributed by atoms with van der Waals surface area (Å²) in [5, 5.41) is 5.81. The molecule has 7 nitrogen and oxygen atoms in total. The summed E-state index contributed by atoms with van der Waals surface area (Å²) in [6.07, 6.45) is 1.01. The van der Waals surface area contributed by atoms with E-state index >= 15 is 0 Å². The number of para-hydroxylation sites is 1. The van der Waals surface area contributed by atoms with Crippen LogP contribution in [0.3, 0.4) is 0 Å². The number of esters is 2. The van der Waals surface area contributed by atoms with E-state index in [9.17, 15) is 9.59 Å². The first-order valence-corrected chi connectivity index (χ1v) is 11.5. The van der Waals surface area contributed by atoms with Gasteiger partial charge >= 0.3 is 11.9 Å². The van der Waals surface area contributed by atoms with Gasteiger partial charge in [0.05, 0.1) is 12.3 Å². The Morgan fingerprint density at radius 3 is 2.77 bits per heavy atom. The maximum absolute atomic E-state index is 12.9. The molecular weight excluding hydrogens is 416 g/mol. The monoisotopic (exact) mass is 444 g/mol. The maximum atomic E-state index is 12.9. The maximum Gasteiger partial charge on any atom is 0.324 e. The SMILES string of the molecule is CC(C)CCOC[C@@H]1C[C@@]2(C[C@@](C)(c3csc(Nc4ccccc4)n3)OC2=O)C(=O)O1. The van der Waals surface area contributed by atoms with E-state index < -0.39 is 29.1 Å². The van der Waals surface area contributed by atoms with E-state index in [1.165, 1.54) is 11.3 Å². The lowest BCUT2D eigenvalue weighted by molar-refractivity contribution is -0.160. The van der Waals surface area contributed by atoms with E-state index in [0.717, 1.165) is 12.1 Å². The number of benzene rings is 1. The summed E-state index contributed by atoms with van der Waals surface area (Å²) < 4.78 is 16.9. The number of cyclic esters (lactones) is 2. The van der Waals surface area contributed by atoms with Crippen molar-refractivity contribution >= 4 is 34.1 Å². The van der Waals surface area contributed by atoms with Gasteiger partial charge in [0.15, 0.2) is 16.1 Å².